The number of aryl methyl sites for hydroxylation is 1. The first kappa shape index (κ1) is 14.8. The molecule has 1 aliphatic rings. The number of carbonyl (C=O) groups excluding carboxylic acids is 1. The van der Waals surface area contributed by atoms with Gasteiger partial charge in [0.25, 0.3) is 5.91 Å². The first-order valence-corrected chi connectivity index (χ1v) is 6.88. The predicted molar refractivity (Wildman–Crippen MR) is 79.0 cm³/mol. The Morgan fingerprint density at radius 3 is 2.70 bits per heavy atom. The van der Waals surface area contributed by atoms with Crippen molar-refractivity contribution in [2.75, 3.05) is 19.5 Å². The van der Waals surface area contributed by atoms with Crippen LogP contribution < -0.4 is 10.6 Å². The fourth-order valence-electron chi connectivity index (χ4n) is 2.70. The molecule has 2 unspecified atom stereocenters. The number of anilines is 1. The quantitative estimate of drug-likeness (QED) is 0.883. The summed E-state index contributed by atoms with van der Waals surface area (Å²) in [7, 11) is 3.51. The van der Waals surface area contributed by atoms with Gasteiger partial charge in [0.2, 0.25) is 0 Å². The van der Waals surface area contributed by atoms with Gasteiger partial charge in [-0.25, -0.2) is 4.98 Å². The Labute approximate surface area is 120 Å². The number of aromatic nitrogens is 1. The molecule has 2 atom stereocenters. The van der Waals surface area contributed by atoms with E-state index in [-0.39, 0.29) is 23.5 Å². The molecule has 20 heavy (non-hydrogen) atoms. The number of methoxy groups -OCH3 is 1. The number of ether oxygens (including phenoxy) is 1. The molecule has 1 aromatic rings. The van der Waals surface area contributed by atoms with Crippen LogP contribution in [0.1, 0.15) is 36.3 Å². The molecule has 0 radical (unpaired) electrons. The first-order chi connectivity index (χ1) is 9.38. The second-order valence-corrected chi connectivity index (χ2v) is 5.94. The predicted octanol–water partition coefficient (Wildman–Crippen LogP) is 1.98. The molecule has 0 aliphatic heterocycles. The van der Waals surface area contributed by atoms with Gasteiger partial charge < -0.3 is 15.4 Å². The van der Waals surface area contributed by atoms with Crippen molar-refractivity contribution in [1.29, 1.82) is 0 Å². The van der Waals surface area contributed by atoms with Crippen molar-refractivity contribution in [3.63, 3.8) is 0 Å². The molecule has 2 N–H and O–H groups in total. The molecule has 1 aromatic heterocycles. The van der Waals surface area contributed by atoms with Crippen LogP contribution in [-0.2, 0) is 4.74 Å². The number of nitrogens with one attached hydrogen (secondary N) is 2. The molecule has 1 fully saturated rings. The monoisotopic (exact) mass is 277 g/mol. The molecule has 1 heterocycles. The number of carbonyl (C=O) groups is 1. The summed E-state index contributed by atoms with van der Waals surface area (Å²) in [4.78, 5) is 16.6. The minimum Gasteiger partial charge on any atom is -0.381 e. The molecule has 0 aromatic carbocycles. The fraction of sp³-hybridized carbons (Fsp3) is 0.600. The van der Waals surface area contributed by atoms with Crippen molar-refractivity contribution in [2.24, 2.45) is 5.41 Å². The van der Waals surface area contributed by atoms with E-state index in [1.807, 2.05) is 6.92 Å². The highest BCUT2D eigenvalue weighted by molar-refractivity contribution is 5.95. The van der Waals surface area contributed by atoms with E-state index in [1.54, 1.807) is 26.3 Å². The van der Waals surface area contributed by atoms with Gasteiger partial charge in [0.1, 0.15) is 5.82 Å². The summed E-state index contributed by atoms with van der Waals surface area (Å²) in [6, 6.07) is 3.71. The summed E-state index contributed by atoms with van der Waals surface area (Å²) in [5.74, 6) is 0.650. The minimum atomic E-state index is -0.0559. The summed E-state index contributed by atoms with van der Waals surface area (Å²) in [6.45, 7) is 6.12. The molecular weight excluding hydrogens is 254 g/mol. The van der Waals surface area contributed by atoms with Crippen molar-refractivity contribution in [3.8, 4) is 0 Å². The van der Waals surface area contributed by atoms with E-state index in [2.05, 4.69) is 29.5 Å². The number of amides is 1. The lowest BCUT2D eigenvalue weighted by Gasteiger charge is -2.51. The van der Waals surface area contributed by atoms with Crippen LogP contribution in [0.5, 0.6) is 0 Å². The zero-order valence-corrected chi connectivity index (χ0v) is 12.8. The van der Waals surface area contributed by atoms with Gasteiger partial charge in [-0.2, -0.15) is 0 Å². The first-order valence-electron chi connectivity index (χ1n) is 6.88. The Balaban J connectivity index is 2.08. The number of nitrogens with zero attached hydrogens (tertiary/aromatic N) is 1. The summed E-state index contributed by atoms with van der Waals surface area (Å²) in [6.07, 6.45) is 1.07. The normalized spacial score (nSPS) is 23.9. The van der Waals surface area contributed by atoms with Gasteiger partial charge in [-0.3, -0.25) is 4.79 Å². The van der Waals surface area contributed by atoms with Crippen molar-refractivity contribution < 1.29 is 9.53 Å². The summed E-state index contributed by atoms with van der Waals surface area (Å²) >= 11 is 0. The highest BCUT2D eigenvalue weighted by atomic mass is 16.5. The summed E-state index contributed by atoms with van der Waals surface area (Å²) < 4.78 is 5.40. The summed E-state index contributed by atoms with van der Waals surface area (Å²) in [5, 5.41) is 6.06. The van der Waals surface area contributed by atoms with E-state index in [0.29, 0.717) is 11.4 Å². The molecule has 5 heteroatoms. The second kappa shape index (κ2) is 5.40. The number of pyridine rings is 1. The van der Waals surface area contributed by atoms with Crippen molar-refractivity contribution in [3.05, 3.63) is 23.4 Å². The number of hydrogen-bond donors (Lipinski definition) is 2. The molecule has 0 saturated heterocycles. The molecule has 1 aliphatic carbocycles. The van der Waals surface area contributed by atoms with Gasteiger partial charge >= 0.3 is 0 Å². The van der Waals surface area contributed by atoms with Crippen LogP contribution in [0.2, 0.25) is 0 Å². The third-order valence-electron chi connectivity index (χ3n) is 4.24. The van der Waals surface area contributed by atoms with Crippen LogP contribution in [0, 0.1) is 12.3 Å². The van der Waals surface area contributed by atoms with E-state index in [4.69, 9.17) is 4.74 Å². The van der Waals surface area contributed by atoms with Gasteiger partial charge in [-0.1, -0.05) is 13.8 Å². The average molecular weight is 277 g/mol. The van der Waals surface area contributed by atoms with Crippen LogP contribution in [0.25, 0.3) is 0 Å². The second-order valence-electron chi connectivity index (χ2n) is 5.94. The van der Waals surface area contributed by atoms with Crippen molar-refractivity contribution >= 4 is 11.7 Å². The Morgan fingerprint density at radius 1 is 1.45 bits per heavy atom. The van der Waals surface area contributed by atoms with Crippen LogP contribution in [0.3, 0.4) is 0 Å². The molecule has 0 spiro atoms. The standard InChI is InChI=1S/C15H23N3O2/c1-9-6-10(7-13(16-4)17-9)14(19)18-11-8-12(20-5)15(11,2)3/h6-7,11-12H,8H2,1-5H3,(H,16,17)(H,18,19). The maximum Gasteiger partial charge on any atom is 0.251 e. The largest absolute Gasteiger partial charge is 0.381 e. The van der Waals surface area contributed by atoms with Crippen LogP contribution in [-0.4, -0.2) is 37.2 Å². The van der Waals surface area contributed by atoms with Gasteiger partial charge in [-0.15, -0.1) is 0 Å². The Bertz CT molecular complexity index is 514. The van der Waals surface area contributed by atoms with Crippen molar-refractivity contribution in [2.45, 2.75) is 39.3 Å². The van der Waals surface area contributed by atoms with E-state index in [1.165, 1.54) is 0 Å². The number of hydrogen-bond acceptors (Lipinski definition) is 4. The van der Waals surface area contributed by atoms with Gasteiger partial charge in [0, 0.05) is 36.9 Å². The Hall–Kier alpha value is -1.62. The zero-order valence-electron chi connectivity index (χ0n) is 12.8. The molecule has 110 valence electrons. The molecule has 0 bridgehead atoms. The maximum absolute atomic E-state index is 12.3. The number of rotatable bonds is 4. The fourth-order valence-corrected chi connectivity index (χ4v) is 2.70. The van der Waals surface area contributed by atoms with Gasteiger partial charge in [-0.05, 0) is 25.5 Å². The van der Waals surface area contributed by atoms with Crippen molar-refractivity contribution in [1.82, 2.24) is 10.3 Å². The van der Waals surface area contributed by atoms with Crippen LogP contribution in [0.15, 0.2) is 12.1 Å². The lowest BCUT2D eigenvalue weighted by atomic mass is 9.64. The topological polar surface area (TPSA) is 63.2 Å². The van der Waals surface area contributed by atoms with E-state index < -0.39 is 0 Å². The van der Waals surface area contributed by atoms with Gasteiger partial charge in [0.15, 0.2) is 0 Å². The summed E-state index contributed by atoms with van der Waals surface area (Å²) in [5.41, 5.74) is 1.43. The highest BCUT2D eigenvalue weighted by Gasteiger charge is 2.49. The average Bonchev–Trinajstić information content (AvgIpc) is 2.41. The minimum absolute atomic E-state index is 0.0294. The zero-order chi connectivity index (χ0) is 14.9. The SMILES string of the molecule is CNc1cc(C(=O)NC2CC(OC)C2(C)C)cc(C)n1. The third kappa shape index (κ3) is 2.63. The highest BCUT2D eigenvalue weighted by Crippen LogP contribution is 2.42. The third-order valence-corrected chi connectivity index (χ3v) is 4.24. The Kier molecular flexibility index (Phi) is 3.99. The Morgan fingerprint density at radius 2 is 2.15 bits per heavy atom. The lowest BCUT2D eigenvalue weighted by molar-refractivity contribution is -0.0942. The van der Waals surface area contributed by atoms with Gasteiger partial charge in [0.05, 0.1) is 6.10 Å². The van der Waals surface area contributed by atoms with E-state index in [9.17, 15) is 4.79 Å². The lowest BCUT2D eigenvalue weighted by Crippen LogP contribution is -2.61. The molecular formula is C15H23N3O2. The maximum atomic E-state index is 12.3. The van der Waals surface area contributed by atoms with Crippen LogP contribution >= 0.6 is 0 Å². The molecule has 1 amide bonds. The molecule has 2 rings (SSSR count). The molecule has 5 nitrogen and oxygen atoms in total. The van der Waals surface area contributed by atoms with E-state index in [0.717, 1.165) is 12.1 Å². The van der Waals surface area contributed by atoms with E-state index >= 15 is 0 Å². The van der Waals surface area contributed by atoms with Crippen LogP contribution in [0.4, 0.5) is 5.82 Å². The molecule has 1 saturated carbocycles. The smallest absolute Gasteiger partial charge is 0.251 e.